The standard InChI is InChI=1S/C11H14N2O3/c1-4-16-11-9(6(2)12)10(15)8(5-13-11)7(3)14/h5,12H,4H2,1-3H3,(H,13,15). The fraction of sp³-hybridized carbons (Fsp3) is 0.364. The van der Waals surface area contributed by atoms with Crippen molar-refractivity contribution in [3.63, 3.8) is 0 Å². The maximum atomic E-state index is 11.9. The number of nitrogens with one attached hydrogen (secondary N) is 2. The molecule has 0 bridgehead atoms. The number of H-pyrrole nitrogens is 1. The molecule has 0 aliphatic carbocycles. The molecule has 0 fully saturated rings. The van der Waals surface area contributed by atoms with Gasteiger partial charge < -0.3 is 15.1 Å². The molecule has 0 aliphatic heterocycles. The zero-order chi connectivity index (χ0) is 12.3. The molecule has 2 N–H and O–H groups in total. The summed E-state index contributed by atoms with van der Waals surface area (Å²) in [6.07, 6.45) is 1.32. The van der Waals surface area contributed by atoms with E-state index in [0.717, 1.165) is 0 Å². The topological polar surface area (TPSA) is 83.0 Å². The van der Waals surface area contributed by atoms with E-state index in [2.05, 4.69) is 4.98 Å². The monoisotopic (exact) mass is 222 g/mol. The van der Waals surface area contributed by atoms with Crippen molar-refractivity contribution >= 4 is 11.5 Å². The quantitative estimate of drug-likeness (QED) is 0.596. The normalized spacial score (nSPS) is 9.94. The third-order valence-corrected chi connectivity index (χ3v) is 2.09. The van der Waals surface area contributed by atoms with Crippen LogP contribution in [0.5, 0.6) is 5.88 Å². The minimum absolute atomic E-state index is 0.0463. The van der Waals surface area contributed by atoms with Crippen LogP contribution in [0.4, 0.5) is 0 Å². The van der Waals surface area contributed by atoms with Gasteiger partial charge in [0.05, 0.1) is 12.2 Å². The average molecular weight is 222 g/mol. The van der Waals surface area contributed by atoms with E-state index in [9.17, 15) is 9.59 Å². The maximum absolute atomic E-state index is 11.9. The summed E-state index contributed by atoms with van der Waals surface area (Å²) >= 11 is 0. The Morgan fingerprint density at radius 2 is 2.12 bits per heavy atom. The molecule has 0 amide bonds. The van der Waals surface area contributed by atoms with Gasteiger partial charge in [0.15, 0.2) is 5.78 Å². The molecule has 1 aromatic rings. The number of ether oxygens (including phenoxy) is 1. The average Bonchev–Trinajstić information content (AvgIpc) is 2.17. The minimum Gasteiger partial charge on any atom is -0.479 e. The van der Waals surface area contributed by atoms with Gasteiger partial charge in [0.25, 0.3) is 0 Å². The fourth-order valence-electron chi connectivity index (χ4n) is 1.37. The number of hydrogen-bond donors (Lipinski definition) is 2. The van der Waals surface area contributed by atoms with Gasteiger partial charge >= 0.3 is 0 Å². The second kappa shape index (κ2) is 4.74. The minimum atomic E-state index is -0.456. The number of aromatic nitrogens is 1. The summed E-state index contributed by atoms with van der Waals surface area (Å²) in [5, 5.41) is 7.52. The van der Waals surface area contributed by atoms with Crippen LogP contribution in [-0.2, 0) is 0 Å². The van der Waals surface area contributed by atoms with Crippen LogP contribution in [-0.4, -0.2) is 23.1 Å². The summed E-state index contributed by atoms with van der Waals surface area (Å²) < 4.78 is 5.21. The molecular weight excluding hydrogens is 208 g/mol. The first-order valence-corrected chi connectivity index (χ1v) is 4.94. The Morgan fingerprint density at radius 1 is 1.50 bits per heavy atom. The zero-order valence-electron chi connectivity index (χ0n) is 9.51. The van der Waals surface area contributed by atoms with Gasteiger partial charge in [0.2, 0.25) is 11.3 Å². The molecule has 1 heterocycles. The third kappa shape index (κ3) is 2.18. The maximum Gasteiger partial charge on any atom is 0.205 e. The van der Waals surface area contributed by atoms with E-state index in [1.54, 1.807) is 6.92 Å². The lowest BCUT2D eigenvalue weighted by atomic mass is 10.1. The Bertz CT molecular complexity index is 488. The smallest absolute Gasteiger partial charge is 0.205 e. The highest BCUT2D eigenvalue weighted by Gasteiger charge is 2.16. The number of ketones is 1. The Hall–Kier alpha value is -1.91. The predicted octanol–water partition coefficient (Wildman–Crippen LogP) is 1.36. The highest BCUT2D eigenvalue weighted by molar-refractivity contribution is 6.01. The van der Waals surface area contributed by atoms with Gasteiger partial charge in [-0.2, -0.15) is 0 Å². The van der Waals surface area contributed by atoms with E-state index in [0.29, 0.717) is 6.61 Å². The SMILES string of the molecule is CCOc1[nH]cc(C(C)=O)c(=O)c1C(C)=N. The van der Waals surface area contributed by atoms with E-state index < -0.39 is 5.43 Å². The summed E-state index contributed by atoms with van der Waals surface area (Å²) in [4.78, 5) is 25.8. The number of rotatable bonds is 4. The second-order valence-corrected chi connectivity index (χ2v) is 3.35. The molecule has 0 radical (unpaired) electrons. The Morgan fingerprint density at radius 3 is 2.56 bits per heavy atom. The van der Waals surface area contributed by atoms with Crippen molar-refractivity contribution in [2.45, 2.75) is 20.8 Å². The molecule has 0 aromatic carbocycles. The van der Waals surface area contributed by atoms with Gasteiger partial charge in [0, 0.05) is 11.9 Å². The van der Waals surface area contributed by atoms with Crippen molar-refractivity contribution in [1.29, 1.82) is 5.41 Å². The van der Waals surface area contributed by atoms with Gasteiger partial charge in [-0.15, -0.1) is 0 Å². The van der Waals surface area contributed by atoms with Crippen molar-refractivity contribution in [3.8, 4) is 5.88 Å². The van der Waals surface area contributed by atoms with E-state index in [4.69, 9.17) is 10.1 Å². The number of aromatic amines is 1. The van der Waals surface area contributed by atoms with Crippen LogP contribution in [0, 0.1) is 5.41 Å². The van der Waals surface area contributed by atoms with Gasteiger partial charge in [0.1, 0.15) is 5.56 Å². The lowest BCUT2D eigenvalue weighted by Gasteiger charge is -2.09. The van der Waals surface area contributed by atoms with Gasteiger partial charge in [-0.25, -0.2) is 0 Å². The molecule has 1 aromatic heterocycles. The molecule has 0 unspecified atom stereocenters. The largest absolute Gasteiger partial charge is 0.479 e. The zero-order valence-corrected chi connectivity index (χ0v) is 9.51. The highest BCUT2D eigenvalue weighted by atomic mass is 16.5. The number of carbonyl (C=O) groups excluding carboxylic acids is 1. The number of pyridine rings is 1. The molecule has 0 atom stereocenters. The Kier molecular flexibility index (Phi) is 3.60. The summed E-state index contributed by atoms with van der Waals surface area (Å²) in [6, 6.07) is 0. The van der Waals surface area contributed by atoms with E-state index in [1.165, 1.54) is 20.0 Å². The van der Waals surface area contributed by atoms with Crippen LogP contribution in [0.3, 0.4) is 0 Å². The molecule has 16 heavy (non-hydrogen) atoms. The summed E-state index contributed by atoms with van der Waals surface area (Å²) in [7, 11) is 0. The van der Waals surface area contributed by atoms with Crippen molar-refractivity contribution in [2.24, 2.45) is 0 Å². The van der Waals surface area contributed by atoms with Gasteiger partial charge in [-0.3, -0.25) is 9.59 Å². The lowest BCUT2D eigenvalue weighted by molar-refractivity contribution is 0.101. The van der Waals surface area contributed by atoms with E-state index in [-0.39, 0.29) is 28.5 Å². The first kappa shape index (κ1) is 12.2. The van der Waals surface area contributed by atoms with Crippen molar-refractivity contribution in [1.82, 2.24) is 4.98 Å². The number of Topliss-reactive ketones (excluding diaryl/α,β-unsaturated/α-hetero) is 1. The van der Waals surface area contributed by atoms with Crippen LogP contribution in [0.15, 0.2) is 11.0 Å². The number of carbonyl (C=O) groups is 1. The molecular formula is C11H14N2O3. The lowest BCUT2D eigenvalue weighted by Crippen LogP contribution is -2.22. The number of hydrogen-bond acceptors (Lipinski definition) is 4. The van der Waals surface area contributed by atoms with Crippen molar-refractivity contribution in [3.05, 3.63) is 27.5 Å². The van der Waals surface area contributed by atoms with Crippen LogP contribution in [0.25, 0.3) is 0 Å². The van der Waals surface area contributed by atoms with E-state index in [1.807, 2.05) is 0 Å². The molecule has 0 aliphatic rings. The summed E-state index contributed by atoms with van der Waals surface area (Å²) in [5.41, 5.74) is -0.213. The fourth-order valence-corrected chi connectivity index (χ4v) is 1.37. The van der Waals surface area contributed by atoms with Gasteiger partial charge in [-0.1, -0.05) is 0 Å². The van der Waals surface area contributed by atoms with Crippen LogP contribution in [0.1, 0.15) is 36.7 Å². The summed E-state index contributed by atoms with van der Waals surface area (Å²) in [5.74, 6) is -0.0863. The van der Waals surface area contributed by atoms with Gasteiger partial charge in [-0.05, 0) is 20.8 Å². The highest BCUT2D eigenvalue weighted by Crippen LogP contribution is 2.12. The molecule has 86 valence electrons. The summed E-state index contributed by atoms with van der Waals surface area (Å²) in [6.45, 7) is 4.96. The Balaban J connectivity index is 3.48. The first-order valence-electron chi connectivity index (χ1n) is 4.94. The molecule has 0 saturated heterocycles. The van der Waals surface area contributed by atoms with Crippen LogP contribution < -0.4 is 10.2 Å². The van der Waals surface area contributed by atoms with Crippen LogP contribution in [0.2, 0.25) is 0 Å². The van der Waals surface area contributed by atoms with E-state index >= 15 is 0 Å². The van der Waals surface area contributed by atoms with Crippen LogP contribution >= 0.6 is 0 Å². The van der Waals surface area contributed by atoms with Crippen molar-refractivity contribution in [2.75, 3.05) is 6.61 Å². The second-order valence-electron chi connectivity index (χ2n) is 3.35. The predicted molar refractivity (Wildman–Crippen MR) is 60.7 cm³/mol. The molecule has 5 nitrogen and oxygen atoms in total. The molecule has 0 spiro atoms. The van der Waals surface area contributed by atoms with Crippen molar-refractivity contribution < 1.29 is 9.53 Å². The molecule has 1 rings (SSSR count). The molecule has 0 saturated carbocycles. The third-order valence-electron chi connectivity index (χ3n) is 2.09. The molecule has 5 heteroatoms. The Labute approximate surface area is 93.0 Å². The first-order chi connectivity index (χ1) is 7.49.